The lowest BCUT2D eigenvalue weighted by atomic mass is 10.1. The van der Waals surface area contributed by atoms with Crippen LogP contribution in [0.15, 0.2) is 18.2 Å². The van der Waals surface area contributed by atoms with Crippen molar-refractivity contribution in [3.05, 3.63) is 23.8 Å². The van der Waals surface area contributed by atoms with Crippen LogP contribution in [-0.2, 0) is 0 Å². The van der Waals surface area contributed by atoms with E-state index in [2.05, 4.69) is 11.2 Å². The van der Waals surface area contributed by atoms with Crippen LogP contribution in [-0.4, -0.2) is 19.1 Å². The molecular weight excluding hydrogens is 228 g/mol. The number of benzene rings is 1. The van der Waals surface area contributed by atoms with E-state index in [0.29, 0.717) is 17.0 Å². The Bertz CT molecular complexity index is 463. The van der Waals surface area contributed by atoms with Crippen LogP contribution in [0, 0.1) is 12.3 Å². The van der Waals surface area contributed by atoms with Crippen LogP contribution in [0.4, 0.5) is 5.69 Å². The van der Waals surface area contributed by atoms with E-state index < -0.39 is 0 Å². The van der Waals surface area contributed by atoms with Gasteiger partial charge in [0.25, 0.3) is 5.91 Å². The Balaban J connectivity index is 2.94. The van der Waals surface area contributed by atoms with Crippen molar-refractivity contribution < 1.29 is 9.53 Å². The molecule has 0 heterocycles. The number of carbonyl (C=O) groups is 1. The maximum atomic E-state index is 12.1. The summed E-state index contributed by atoms with van der Waals surface area (Å²) in [6.07, 6.45) is 7.00. The quantitative estimate of drug-likeness (QED) is 0.615. The minimum absolute atomic E-state index is 0.285. The SMILES string of the molecule is C#CC(CCC)NC(=O)c1c(N)cccc1OC. The number of anilines is 1. The third-order valence-electron chi connectivity index (χ3n) is 2.59. The number of methoxy groups -OCH3 is 1. The number of ether oxygens (including phenoxy) is 1. The first-order valence-electron chi connectivity index (χ1n) is 5.83. The van der Waals surface area contributed by atoms with Crippen LogP contribution in [0.2, 0.25) is 0 Å². The molecule has 18 heavy (non-hydrogen) atoms. The van der Waals surface area contributed by atoms with Crippen LogP contribution in [0.1, 0.15) is 30.1 Å². The third-order valence-corrected chi connectivity index (χ3v) is 2.59. The van der Waals surface area contributed by atoms with Crippen molar-refractivity contribution >= 4 is 11.6 Å². The zero-order valence-corrected chi connectivity index (χ0v) is 10.7. The van der Waals surface area contributed by atoms with Crippen molar-refractivity contribution in [3.63, 3.8) is 0 Å². The fourth-order valence-corrected chi connectivity index (χ4v) is 1.68. The van der Waals surface area contributed by atoms with Gasteiger partial charge in [-0.1, -0.05) is 25.3 Å². The summed E-state index contributed by atoms with van der Waals surface area (Å²) in [7, 11) is 1.50. The van der Waals surface area contributed by atoms with Gasteiger partial charge in [-0.25, -0.2) is 0 Å². The molecule has 96 valence electrons. The Labute approximate surface area is 108 Å². The highest BCUT2D eigenvalue weighted by atomic mass is 16.5. The van der Waals surface area contributed by atoms with Gasteiger partial charge in [0.2, 0.25) is 0 Å². The molecule has 0 saturated carbocycles. The second kappa shape index (κ2) is 6.55. The number of nitrogens with one attached hydrogen (secondary N) is 1. The Hall–Kier alpha value is -2.15. The van der Waals surface area contributed by atoms with Gasteiger partial charge in [-0.15, -0.1) is 6.42 Å². The fourth-order valence-electron chi connectivity index (χ4n) is 1.68. The number of hydrogen-bond acceptors (Lipinski definition) is 3. The highest BCUT2D eigenvalue weighted by molar-refractivity contribution is 6.02. The molecule has 0 bridgehead atoms. The monoisotopic (exact) mass is 246 g/mol. The van der Waals surface area contributed by atoms with Crippen LogP contribution in [0.3, 0.4) is 0 Å². The number of terminal acetylenes is 1. The molecule has 1 rings (SSSR count). The van der Waals surface area contributed by atoms with Gasteiger partial charge in [0.05, 0.1) is 13.2 Å². The molecule has 1 aromatic rings. The van der Waals surface area contributed by atoms with Gasteiger partial charge >= 0.3 is 0 Å². The third kappa shape index (κ3) is 3.17. The van der Waals surface area contributed by atoms with E-state index in [0.717, 1.165) is 12.8 Å². The van der Waals surface area contributed by atoms with Gasteiger partial charge in [0.1, 0.15) is 11.3 Å². The standard InChI is InChI=1S/C14H18N2O2/c1-4-7-10(5-2)16-14(17)13-11(15)8-6-9-12(13)18-3/h2,6,8-10H,4,7,15H2,1,3H3,(H,16,17). The Morgan fingerprint density at radius 1 is 1.61 bits per heavy atom. The van der Waals surface area contributed by atoms with E-state index >= 15 is 0 Å². The second-order valence-electron chi connectivity index (χ2n) is 3.91. The maximum absolute atomic E-state index is 12.1. The first-order chi connectivity index (χ1) is 8.63. The van der Waals surface area contributed by atoms with E-state index in [4.69, 9.17) is 16.9 Å². The van der Waals surface area contributed by atoms with E-state index in [1.54, 1.807) is 18.2 Å². The van der Waals surface area contributed by atoms with Crippen LogP contribution in [0.25, 0.3) is 0 Å². The predicted octanol–water partition coefficient (Wildman–Crippen LogP) is 1.81. The Morgan fingerprint density at radius 2 is 2.33 bits per heavy atom. The lowest BCUT2D eigenvalue weighted by Crippen LogP contribution is -2.34. The van der Waals surface area contributed by atoms with Crippen molar-refractivity contribution in [1.29, 1.82) is 0 Å². The topological polar surface area (TPSA) is 64.4 Å². The molecule has 0 aliphatic rings. The summed E-state index contributed by atoms with van der Waals surface area (Å²) in [6.45, 7) is 2.01. The summed E-state index contributed by atoms with van der Waals surface area (Å²) in [6, 6.07) is 4.79. The molecule has 0 aliphatic heterocycles. The van der Waals surface area contributed by atoms with Crippen LogP contribution in [0.5, 0.6) is 5.75 Å². The molecule has 4 nitrogen and oxygen atoms in total. The van der Waals surface area contributed by atoms with Crippen molar-refractivity contribution in [2.24, 2.45) is 0 Å². The number of rotatable bonds is 5. The summed E-state index contributed by atoms with van der Waals surface area (Å²) in [5, 5.41) is 2.76. The summed E-state index contributed by atoms with van der Waals surface area (Å²) in [4.78, 5) is 12.1. The average Bonchev–Trinajstić information content (AvgIpc) is 2.37. The normalized spacial score (nSPS) is 11.4. The number of nitrogen functional groups attached to an aromatic ring is 1. The number of hydrogen-bond donors (Lipinski definition) is 2. The van der Waals surface area contributed by atoms with Gasteiger partial charge in [-0.05, 0) is 18.6 Å². The van der Waals surface area contributed by atoms with E-state index in [1.807, 2.05) is 6.92 Å². The minimum atomic E-state index is -0.304. The molecule has 1 aromatic carbocycles. The molecule has 4 heteroatoms. The zero-order chi connectivity index (χ0) is 13.5. The molecule has 0 fully saturated rings. The van der Waals surface area contributed by atoms with E-state index in [1.165, 1.54) is 7.11 Å². The summed E-state index contributed by atoms with van der Waals surface area (Å²) in [5.41, 5.74) is 6.50. The van der Waals surface area contributed by atoms with Gasteiger partial charge in [-0.3, -0.25) is 4.79 Å². The molecule has 3 N–H and O–H groups in total. The van der Waals surface area contributed by atoms with Crippen LogP contribution < -0.4 is 15.8 Å². The Kier molecular flexibility index (Phi) is 5.06. The molecule has 0 spiro atoms. The number of amides is 1. The van der Waals surface area contributed by atoms with Crippen molar-refractivity contribution in [2.45, 2.75) is 25.8 Å². The molecule has 1 atom stereocenters. The van der Waals surface area contributed by atoms with Crippen molar-refractivity contribution in [1.82, 2.24) is 5.32 Å². The molecule has 0 aromatic heterocycles. The minimum Gasteiger partial charge on any atom is -0.496 e. The lowest BCUT2D eigenvalue weighted by Gasteiger charge is -2.15. The molecule has 0 radical (unpaired) electrons. The highest BCUT2D eigenvalue weighted by Crippen LogP contribution is 2.24. The number of nitrogens with two attached hydrogens (primary N) is 1. The zero-order valence-electron chi connectivity index (χ0n) is 10.7. The summed E-state index contributed by atoms with van der Waals surface area (Å²) < 4.78 is 5.13. The average molecular weight is 246 g/mol. The lowest BCUT2D eigenvalue weighted by molar-refractivity contribution is 0.0942. The predicted molar refractivity (Wildman–Crippen MR) is 72.4 cm³/mol. The molecular formula is C14H18N2O2. The fraction of sp³-hybridized carbons (Fsp3) is 0.357. The molecule has 1 amide bonds. The van der Waals surface area contributed by atoms with Crippen molar-refractivity contribution in [3.8, 4) is 18.1 Å². The van der Waals surface area contributed by atoms with Gasteiger partial charge in [0, 0.05) is 5.69 Å². The molecule has 1 unspecified atom stereocenters. The Morgan fingerprint density at radius 3 is 2.89 bits per heavy atom. The van der Waals surface area contributed by atoms with Crippen molar-refractivity contribution in [2.75, 3.05) is 12.8 Å². The molecule has 0 saturated heterocycles. The van der Waals surface area contributed by atoms with Crippen LogP contribution >= 0.6 is 0 Å². The van der Waals surface area contributed by atoms with Gasteiger partial charge in [0.15, 0.2) is 0 Å². The van der Waals surface area contributed by atoms with E-state index in [-0.39, 0.29) is 11.9 Å². The highest BCUT2D eigenvalue weighted by Gasteiger charge is 2.17. The second-order valence-corrected chi connectivity index (χ2v) is 3.91. The first-order valence-corrected chi connectivity index (χ1v) is 5.83. The first kappa shape index (κ1) is 13.9. The summed E-state index contributed by atoms with van der Waals surface area (Å²) >= 11 is 0. The summed E-state index contributed by atoms with van der Waals surface area (Å²) in [5.74, 6) is 2.69. The molecule has 0 aliphatic carbocycles. The van der Waals surface area contributed by atoms with Gasteiger partial charge < -0.3 is 15.8 Å². The van der Waals surface area contributed by atoms with Gasteiger partial charge in [-0.2, -0.15) is 0 Å². The largest absolute Gasteiger partial charge is 0.496 e. The smallest absolute Gasteiger partial charge is 0.258 e. The van der Waals surface area contributed by atoms with E-state index in [9.17, 15) is 4.79 Å². The maximum Gasteiger partial charge on any atom is 0.258 e. The number of carbonyl (C=O) groups excluding carboxylic acids is 1.